The summed E-state index contributed by atoms with van der Waals surface area (Å²) in [6, 6.07) is 2.00. The molecule has 1 fully saturated rings. The molecule has 2 rings (SSSR count). The van der Waals surface area contributed by atoms with E-state index in [2.05, 4.69) is 22.2 Å². The van der Waals surface area contributed by atoms with Crippen LogP contribution in [-0.4, -0.2) is 16.5 Å². The lowest BCUT2D eigenvalue weighted by Gasteiger charge is -2.15. The van der Waals surface area contributed by atoms with E-state index < -0.39 is 0 Å². The lowest BCUT2D eigenvalue weighted by molar-refractivity contribution is 0.484. The summed E-state index contributed by atoms with van der Waals surface area (Å²) in [6.45, 7) is 7.31. The van der Waals surface area contributed by atoms with E-state index >= 15 is 0 Å². The van der Waals surface area contributed by atoms with Gasteiger partial charge in [0.25, 0.3) is 0 Å². The first-order valence-electron chi connectivity index (χ1n) is 6.20. The van der Waals surface area contributed by atoms with Crippen LogP contribution in [0.5, 0.6) is 0 Å². The van der Waals surface area contributed by atoms with Gasteiger partial charge in [0.05, 0.1) is 0 Å². The molecule has 88 valence electrons. The average molecular weight is 219 g/mol. The number of hydrogen-bond donors (Lipinski definition) is 1. The molecular weight excluding hydrogens is 198 g/mol. The minimum atomic E-state index is 0.551. The van der Waals surface area contributed by atoms with Crippen molar-refractivity contribution in [3.63, 3.8) is 0 Å². The van der Waals surface area contributed by atoms with Crippen LogP contribution in [0, 0.1) is 19.3 Å². The molecule has 0 unspecified atom stereocenters. The van der Waals surface area contributed by atoms with E-state index in [1.807, 2.05) is 19.9 Å². The molecule has 1 aromatic rings. The van der Waals surface area contributed by atoms with Gasteiger partial charge in [0.15, 0.2) is 0 Å². The van der Waals surface area contributed by atoms with E-state index in [1.165, 1.54) is 25.7 Å². The number of anilines is 1. The summed E-state index contributed by atoms with van der Waals surface area (Å²) in [6.07, 6.45) is 5.32. The molecule has 0 saturated heterocycles. The SMILES string of the molecule is CCCC1(CNc2nc(C)cc(C)n2)CC1. The Labute approximate surface area is 97.7 Å². The second-order valence-corrected chi connectivity index (χ2v) is 5.08. The molecular formula is C13H21N3. The van der Waals surface area contributed by atoms with Crippen LogP contribution in [0.2, 0.25) is 0 Å². The molecule has 1 aromatic heterocycles. The highest BCUT2D eigenvalue weighted by atomic mass is 15.1. The van der Waals surface area contributed by atoms with Crippen LogP contribution in [-0.2, 0) is 0 Å². The Hall–Kier alpha value is -1.12. The zero-order chi connectivity index (χ0) is 11.6. The molecule has 1 saturated carbocycles. The van der Waals surface area contributed by atoms with E-state index in [9.17, 15) is 0 Å². The van der Waals surface area contributed by atoms with E-state index in [0.29, 0.717) is 5.41 Å². The summed E-state index contributed by atoms with van der Waals surface area (Å²) < 4.78 is 0. The molecule has 3 nitrogen and oxygen atoms in total. The van der Waals surface area contributed by atoms with Gasteiger partial charge in [-0.2, -0.15) is 0 Å². The van der Waals surface area contributed by atoms with Crippen LogP contribution in [0.15, 0.2) is 6.07 Å². The summed E-state index contributed by atoms with van der Waals surface area (Å²) >= 11 is 0. The number of nitrogens with zero attached hydrogens (tertiary/aromatic N) is 2. The van der Waals surface area contributed by atoms with E-state index in [0.717, 1.165) is 23.9 Å². The maximum absolute atomic E-state index is 4.40. The van der Waals surface area contributed by atoms with Crippen LogP contribution >= 0.6 is 0 Å². The van der Waals surface area contributed by atoms with Crippen LogP contribution in [0.1, 0.15) is 44.0 Å². The highest BCUT2D eigenvalue weighted by Gasteiger charge is 2.41. The van der Waals surface area contributed by atoms with Gasteiger partial charge in [-0.25, -0.2) is 9.97 Å². The van der Waals surface area contributed by atoms with Gasteiger partial charge < -0.3 is 5.32 Å². The number of nitrogens with one attached hydrogen (secondary N) is 1. The van der Waals surface area contributed by atoms with Crippen molar-refractivity contribution in [1.82, 2.24) is 9.97 Å². The third kappa shape index (κ3) is 2.71. The van der Waals surface area contributed by atoms with Crippen molar-refractivity contribution >= 4 is 5.95 Å². The number of rotatable bonds is 5. The van der Waals surface area contributed by atoms with Crippen molar-refractivity contribution in [2.75, 3.05) is 11.9 Å². The molecule has 0 aliphatic heterocycles. The van der Waals surface area contributed by atoms with Crippen molar-refractivity contribution in [2.45, 2.75) is 46.5 Å². The molecule has 0 aromatic carbocycles. The summed E-state index contributed by atoms with van der Waals surface area (Å²) in [5, 5.41) is 3.39. The molecule has 0 spiro atoms. The first kappa shape index (κ1) is 11.4. The van der Waals surface area contributed by atoms with Gasteiger partial charge in [0.2, 0.25) is 5.95 Å². The molecule has 0 atom stereocenters. The number of hydrogen-bond acceptors (Lipinski definition) is 3. The Morgan fingerprint density at radius 2 is 1.88 bits per heavy atom. The normalized spacial score (nSPS) is 17.2. The lowest BCUT2D eigenvalue weighted by Crippen LogP contribution is -2.17. The summed E-state index contributed by atoms with van der Waals surface area (Å²) in [4.78, 5) is 8.81. The van der Waals surface area contributed by atoms with Gasteiger partial charge in [0, 0.05) is 17.9 Å². The number of aryl methyl sites for hydroxylation is 2. The van der Waals surface area contributed by atoms with E-state index in [4.69, 9.17) is 0 Å². The van der Waals surface area contributed by atoms with Crippen molar-refractivity contribution < 1.29 is 0 Å². The molecule has 1 aliphatic carbocycles. The summed E-state index contributed by atoms with van der Waals surface area (Å²) in [5.41, 5.74) is 2.63. The fourth-order valence-corrected chi connectivity index (χ4v) is 2.29. The predicted octanol–water partition coefficient (Wildman–Crippen LogP) is 3.09. The summed E-state index contributed by atoms with van der Waals surface area (Å²) in [7, 11) is 0. The Balaban J connectivity index is 1.94. The number of aromatic nitrogens is 2. The quantitative estimate of drug-likeness (QED) is 0.827. The molecule has 1 heterocycles. The largest absolute Gasteiger partial charge is 0.354 e. The minimum Gasteiger partial charge on any atom is -0.354 e. The molecule has 16 heavy (non-hydrogen) atoms. The Bertz CT molecular complexity index is 349. The lowest BCUT2D eigenvalue weighted by atomic mass is 10.0. The van der Waals surface area contributed by atoms with Gasteiger partial charge in [0.1, 0.15) is 0 Å². The van der Waals surface area contributed by atoms with Crippen molar-refractivity contribution in [2.24, 2.45) is 5.41 Å². The fourth-order valence-electron chi connectivity index (χ4n) is 2.29. The van der Waals surface area contributed by atoms with Crippen LogP contribution in [0.25, 0.3) is 0 Å². The topological polar surface area (TPSA) is 37.8 Å². The first-order valence-corrected chi connectivity index (χ1v) is 6.20. The van der Waals surface area contributed by atoms with Crippen LogP contribution in [0.4, 0.5) is 5.95 Å². The highest BCUT2D eigenvalue weighted by molar-refractivity contribution is 5.28. The Morgan fingerprint density at radius 1 is 1.25 bits per heavy atom. The molecule has 3 heteroatoms. The Morgan fingerprint density at radius 3 is 2.38 bits per heavy atom. The van der Waals surface area contributed by atoms with Gasteiger partial charge in [-0.05, 0) is 44.6 Å². The maximum Gasteiger partial charge on any atom is 0.223 e. The van der Waals surface area contributed by atoms with Crippen LogP contribution in [0.3, 0.4) is 0 Å². The molecule has 0 radical (unpaired) electrons. The van der Waals surface area contributed by atoms with Crippen molar-refractivity contribution in [3.8, 4) is 0 Å². The maximum atomic E-state index is 4.40. The van der Waals surface area contributed by atoms with Gasteiger partial charge in [-0.1, -0.05) is 13.3 Å². The monoisotopic (exact) mass is 219 g/mol. The molecule has 1 N–H and O–H groups in total. The smallest absolute Gasteiger partial charge is 0.223 e. The fraction of sp³-hybridized carbons (Fsp3) is 0.692. The van der Waals surface area contributed by atoms with E-state index in [-0.39, 0.29) is 0 Å². The second kappa shape index (κ2) is 4.40. The zero-order valence-electron chi connectivity index (χ0n) is 10.5. The molecule has 0 amide bonds. The standard InChI is InChI=1S/C13H21N3/c1-4-5-13(6-7-13)9-14-12-15-10(2)8-11(3)16-12/h8H,4-7,9H2,1-3H3,(H,14,15,16). The summed E-state index contributed by atoms with van der Waals surface area (Å²) in [5.74, 6) is 0.792. The highest BCUT2D eigenvalue weighted by Crippen LogP contribution is 2.49. The van der Waals surface area contributed by atoms with Gasteiger partial charge in [-0.15, -0.1) is 0 Å². The zero-order valence-corrected chi connectivity index (χ0v) is 10.5. The average Bonchev–Trinajstić information content (AvgIpc) is 2.95. The van der Waals surface area contributed by atoms with Gasteiger partial charge in [-0.3, -0.25) is 0 Å². The molecule has 1 aliphatic rings. The third-order valence-corrected chi connectivity index (χ3v) is 3.34. The third-order valence-electron chi connectivity index (χ3n) is 3.34. The minimum absolute atomic E-state index is 0.551. The van der Waals surface area contributed by atoms with Crippen molar-refractivity contribution in [3.05, 3.63) is 17.5 Å². The van der Waals surface area contributed by atoms with Crippen LogP contribution < -0.4 is 5.32 Å². The second-order valence-electron chi connectivity index (χ2n) is 5.08. The van der Waals surface area contributed by atoms with E-state index in [1.54, 1.807) is 0 Å². The van der Waals surface area contributed by atoms with Crippen molar-refractivity contribution in [1.29, 1.82) is 0 Å². The Kier molecular flexibility index (Phi) is 3.13. The first-order chi connectivity index (χ1) is 7.63. The predicted molar refractivity (Wildman–Crippen MR) is 66.6 cm³/mol. The molecule has 0 bridgehead atoms. The van der Waals surface area contributed by atoms with Gasteiger partial charge >= 0.3 is 0 Å².